The van der Waals surface area contributed by atoms with E-state index < -0.39 is 0 Å². The van der Waals surface area contributed by atoms with Gasteiger partial charge in [0.2, 0.25) is 0 Å². The average molecular weight is 382 g/mol. The standard InChI is InChI=1S/C9H10Br2N2O.2C2H6/c1-12-9(14)6-2-7(4-10)13-8(3-6)5-11;2*1-2/h2-3H,4-5H2,1H3,(H,12,14);2*1-2H3. The molecule has 1 N–H and O–H groups in total. The van der Waals surface area contributed by atoms with Crippen LogP contribution in [0.3, 0.4) is 0 Å². The molecular formula is C13H22Br2N2O. The molecule has 3 nitrogen and oxygen atoms in total. The molecule has 0 bridgehead atoms. The van der Waals surface area contributed by atoms with Gasteiger partial charge in [0.25, 0.3) is 5.91 Å². The fourth-order valence-corrected chi connectivity index (χ4v) is 1.64. The molecule has 0 aliphatic carbocycles. The van der Waals surface area contributed by atoms with Gasteiger partial charge in [0.05, 0.1) is 11.4 Å². The summed E-state index contributed by atoms with van der Waals surface area (Å²) < 4.78 is 0. The van der Waals surface area contributed by atoms with Crippen LogP contribution in [0.15, 0.2) is 12.1 Å². The highest BCUT2D eigenvalue weighted by molar-refractivity contribution is 9.08. The number of halogens is 2. The summed E-state index contributed by atoms with van der Waals surface area (Å²) in [5.74, 6) is -0.0863. The third-order valence-electron chi connectivity index (χ3n) is 1.69. The third-order valence-corrected chi connectivity index (χ3v) is 2.84. The highest BCUT2D eigenvalue weighted by Crippen LogP contribution is 2.11. The van der Waals surface area contributed by atoms with Gasteiger partial charge in [0.1, 0.15) is 0 Å². The van der Waals surface area contributed by atoms with E-state index in [1.807, 2.05) is 27.7 Å². The highest BCUT2D eigenvalue weighted by Gasteiger charge is 2.07. The Balaban J connectivity index is 0. The summed E-state index contributed by atoms with van der Waals surface area (Å²) in [4.78, 5) is 15.7. The summed E-state index contributed by atoms with van der Waals surface area (Å²) in [5.41, 5.74) is 2.37. The van der Waals surface area contributed by atoms with Gasteiger partial charge in [-0.15, -0.1) is 0 Å². The zero-order valence-corrected chi connectivity index (χ0v) is 14.9. The summed E-state index contributed by atoms with van der Waals surface area (Å²) in [6.07, 6.45) is 0. The van der Waals surface area contributed by atoms with Crippen molar-refractivity contribution in [3.63, 3.8) is 0 Å². The fraction of sp³-hybridized carbons (Fsp3) is 0.538. The Morgan fingerprint density at radius 3 is 1.78 bits per heavy atom. The van der Waals surface area contributed by atoms with Crippen LogP contribution < -0.4 is 5.32 Å². The van der Waals surface area contributed by atoms with E-state index in [1.54, 1.807) is 19.2 Å². The van der Waals surface area contributed by atoms with Crippen LogP contribution in [-0.2, 0) is 10.7 Å². The van der Waals surface area contributed by atoms with E-state index in [1.165, 1.54) is 0 Å². The Bertz CT molecular complexity index is 322. The van der Waals surface area contributed by atoms with Crippen LogP contribution in [-0.4, -0.2) is 17.9 Å². The normalized spacial score (nSPS) is 8.39. The van der Waals surface area contributed by atoms with Gasteiger partial charge in [0.15, 0.2) is 0 Å². The predicted molar refractivity (Wildman–Crippen MR) is 85.6 cm³/mol. The van der Waals surface area contributed by atoms with Crippen molar-refractivity contribution in [1.29, 1.82) is 0 Å². The molecule has 0 saturated carbocycles. The van der Waals surface area contributed by atoms with Crippen molar-refractivity contribution in [2.45, 2.75) is 38.4 Å². The number of carbonyl (C=O) groups is 1. The molecule has 0 atom stereocenters. The Labute approximate surface area is 127 Å². The Morgan fingerprint density at radius 1 is 1.11 bits per heavy atom. The van der Waals surface area contributed by atoms with E-state index in [4.69, 9.17) is 0 Å². The second-order valence-corrected chi connectivity index (χ2v) is 3.81. The quantitative estimate of drug-likeness (QED) is 0.793. The number of amides is 1. The first-order valence-corrected chi connectivity index (χ1v) is 8.29. The van der Waals surface area contributed by atoms with E-state index in [2.05, 4.69) is 42.2 Å². The summed E-state index contributed by atoms with van der Waals surface area (Å²) >= 11 is 6.63. The van der Waals surface area contributed by atoms with Crippen molar-refractivity contribution in [3.8, 4) is 0 Å². The first-order chi connectivity index (χ1) is 8.71. The molecule has 18 heavy (non-hydrogen) atoms. The summed E-state index contributed by atoms with van der Waals surface area (Å²) in [5, 5.41) is 3.89. The zero-order chi connectivity index (χ0) is 14.6. The van der Waals surface area contributed by atoms with E-state index >= 15 is 0 Å². The molecule has 1 aromatic rings. The Hall–Kier alpha value is -0.420. The number of carbonyl (C=O) groups excluding carboxylic acids is 1. The summed E-state index contributed by atoms with van der Waals surface area (Å²) in [6, 6.07) is 3.56. The second kappa shape index (κ2) is 13.0. The Morgan fingerprint density at radius 2 is 1.50 bits per heavy atom. The van der Waals surface area contributed by atoms with Gasteiger partial charge in [0, 0.05) is 23.3 Å². The van der Waals surface area contributed by atoms with Gasteiger partial charge in [-0.25, -0.2) is 0 Å². The number of pyridine rings is 1. The summed E-state index contributed by atoms with van der Waals surface area (Å²) in [7, 11) is 1.62. The number of aromatic nitrogens is 1. The maximum atomic E-state index is 11.4. The van der Waals surface area contributed by atoms with E-state index in [-0.39, 0.29) is 5.91 Å². The lowest BCUT2D eigenvalue weighted by Gasteiger charge is -2.04. The molecule has 0 radical (unpaired) electrons. The van der Waals surface area contributed by atoms with Crippen molar-refractivity contribution in [1.82, 2.24) is 10.3 Å². The topological polar surface area (TPSA) is 42.0 Å². The first kappa shape index (κ1) is 19.9. The lowest BCUT2D eigenvalue weighted by atomic mass is 10.2. The van der Waals surface area contributed by atoms with Crippen LogP contribution in [0.1, 0.15) is 49.4 Å². The van der Waals surface area contributed by atoms with Crippen LogP contribution in [0.25, 0.3) is 0 Å². The van der Waals surface area contributed by atoms with Crippen LogP contribution in [0, 0.1) is 0 Å². The highest BCUT2D eigenvalue weighted by atomic mass is 79.9. The van der Waals surface area contributed by atoms with Crippen molar-refractivity contribution in [2.75, 3.05) is 7.05 Å². The molecule has 5 heteroatoms. The van der Waals surface area contributed by atoms with Gasteiger partial charge in [-0.2, -0.15) is 0 Å². The number of alkyl halides is 2. The number of nitrogens with zero attached hydrogens (tertiary/aromatic N) is 1. The largest absolute Gasteiger partial charge is 0.355 e. The number of nitrogens with one attached hydrogen (secondary N) is 1. The monoisotopic (exact) mass is 380 g/mol. The Kier molecular flexibility index (Phi) is 14.4. The third kappa shape index (κ3) is 7.11. The van der Waals surface area contributed by atoms with Gasteiger partial charge >= 0.3 is 0 Å². The van der Waals surface area contributed by atoms with Crippen molar-refractivity contribution in [2.24, 2.45) is 0 Å². The van der Waals surface area contributed by atoms with Crippen LogP contribution in [0.2, 0.25) is 0 Å². The van der Waals surface area contributed by atoms with E-state index in [0.717, 1.165) is 11.4 Å². The molecule has 0 aliphatic rings. The number of hydrogen-bond donors (Lipinski definition) is 1. The predicted octanol–water partition coefficient (Wildman–Crippen LogP) is 4.28. The van der Waals surface area contributed by atoms with Crippen LogP contribution in [0.4, 0.5) is 0 Å². The SMILES string of the molecule is CC.CC.CNC(=O)c1cc(CBr)nc(CBr)c1. The van der Waals surface area contributed by atoms with E-state index in [0.29, 0.717) is 16.2 Å². The molecule has 0 unspecified atom stereocenters. The molecule has 1 rings (SSSR count). The maximum absolute atomic E-state index is 11.4. The van der Waals surface area contributed by atoms with Crippen molar-refractivity contribution in [3.05, 3.63) is 29.1 Å². The molecule has 1 amide bonds. The number of rotatable bonds is 3. The lowest BCUT2D eigenvalue weighted by molar-refractivity contribution is 0.0963. The van der Waals surface area contributed by atoms with Crippen LogP contribution >= 0.6 is 31.9 Å². The molecule has 0 spiro atoms. The minimum atomic E-state index is -0.0863. The minimum absolute atomic E-state index is 0.0863. The van der Waals surface area contributed by atoms with Gasteiger partial charge in [-0.1, -0.05) is 59.6 Å². The molecule has 0 saturated heterocycles. The molecular weight excluding hydrogens is 360 g/mol. The van der Waals surface area contributed by atoms with Crippen molar-refractivity contribution >= 4 is 37.8 Å². The first-order valence-electron chi connectivity index (χ1n) is 6.05. The number of hydrogen-bond acceptors (Lipinski definition) is 2. The van der Waals surface area contributed by atoms with Gasteiger partial charge < -0.3 is 5.32 Å². The molecule has 1 heterocycles. The molecule has 1 aromatic heterocycles. The molecule has 104 valence electrons. The lowest BCUT2D eigenvalue weighted by Crippen LogP contribution is -2.18. The molecule has 0 fully saturated rings. The zero-order valence-electron chi connectivity index (χ0n) is 11.7. The minimum Gasteiger partial charge on any atom is -0.355 e. The smallest absolute Gasteiger partial charge is 0.251 e. The second-order valence-electron chi connectivity index (χ2n) is 2.68. The van der Waals surface area contributed by atoms with Gasteiger partial charge in [-0.05, 0) is 12.1 Å². The summed E-state index contributed by atoms with van der Waals surface area (Å²) in [6.45, 7) is 8.00. The average Bonchev–Trinajstić information content (AvgIpc) is 2.49. The van der Waals surface area contributed by atoms with Gasteiger partial charge in [-0.3, -0.25) is 9.78 Å². The fourth-order valence-electron chi connectivity index (χ4n) is 1.06. The van der Waals surface area contributed by atoms with Crippen LogP contribution in [0.5, 0.6) is 0 Å². The van der Waals surface area contributed by atoms with E-state index in [9.17, 15) is 4.79 Å². The maximum Gasteiger partial charge on any atom is 0.251 e. The molecule has 0 aromatic carbocycles. The molecule has 0 aliphatic heterocycles. The van der Waals surface area contributed by atoms with Crippen molar-refractivity contribution < 1.29 is 4.79 Å².